The summed E-state index contributed by atoms with van der Waals surface area (Å²) in [5, 5.41) is 10.1. The Morgan fingerprint density at radius 1 is 1.62 bits per heavy atom. The van der Waals surface area contributed by atoms with Gasteiger partial charge in [-0.1, -0.05) is 0 Å². The molecule has 66 valence electrons. The van der Waals surface area contributed by atoms with Gasteiger partial charge in [0.1, 0.15) is 5.97 Å². The van der Waals surface area contributed by atoms with Crippen LogP contribution in [-0.2, 0) is 0 Å². The van der Waals surface area contributed by atoms with Gasteiger partial charge in [0.25, 0.3) is 11.2 Å². The number of hydrogen-bond donors (Lipinski definition) is 0. The first-order chi connectivity index (χ1) is 5.52. The molecule has 1 heterocycles. The number of hydrogen-bond acceptors (Lipinski definition) is 4. The molecule has 0 unspecified atom stereocenters. The molecule has 0 saturated carbocycles. The average Bonchev–Trinajstić information content (AvgIpc) is 2.31. The topological polar surface area (TPSA) is 66.2 Å². The fraction of sp³-hybridized carbons (Fsp3) is 0.200. The molecule has 1 aromatic rings. The number of nitrogens with zero attached hydrogens (tertiary/aromatic N) is 1. The third-order valence-corrected chi connectivity index (χ3v) is 1.36. The number of aromatic carboxylic acids is 1. The number of oxazole rings is 1. The van der Waals surface area contributed by atoms with E-state index in [9.17, 15) is 18.7 Å². The van der Waals surface area contributed by atoms with Crippen molar-refractivity contribution in [2.45, 2.75) is 6.43 Å². The predicted molar refractivity (Wildman–Crippen MR) is 33.5 cm³/mol. The average molecular weight is 248 g/mol. The number of carboxylic acid groups (broad SMARTS) is 1. The van der Waals surface area contributed by atoms with E-state index in [0.29, 0.717) is 0 Å². The van der Waals surface area contributed by atoms with E-state index in [1.54, 1.807) is 0 Å². The number of alkyl halides is 2. The van der Waals surface area contributed by atoms with Crippen molar-refractivity contribution in [2.75, 3.05) is 0 Å². The van der Waals surface area contributed by atoms with E-state index >= 15 is 0 Å². The van der Waals surface area contributed by atoms with E-state index < -0.39 is 23.8 Å². The predicted octanol–water partition coefficient (Wildman–Crippen LogP) is -2.26. The summed E-state index contributed by atoms with van der Waals surface area (Å²) in [6, 6.07) is 0. The van der Waals surface area contributed by atoms with Crippen molar-refractivity contribution >= 4 is 21.9 Å². The van der Waals surface area contributed by atoms with E-state index in [4.69, 9.17) is 0 Å². The number of carboxylic acids is 1. The van der Waals surface area contributed by atoms with Gasteiger partial charge in [-0.25, -0.2) is 13.8 Å². The fourth-order valence-electron chi connectivity index (χ4n) is 0.599. The number of aromatic nitrogens is 1. The summed E-state index contributed by atoms with van der Waals surface area (Å²) in [7, 11) is 0. The van der Waals surface area contributed by atoms with Crippen LogP contribution < -0.4 is 24.0 Å². The van der Waals surface area contributed by atoms with E-state index in [1.807, 2.05) is 0 Å². The molecule has 0 amide bonds. The maximum absolute atomic E-state index is 12.0. The summed E-state index contributed by atoms with van der Waals surface area (Å²) in [4.78, 5) is 12.9. The third-order valence-electron chi connectivity index (χ3n) is 1.02. The molecule has 0 bridgehead atoms. The smallest absolute Gasteiger partial charge is 0.541 e. The molecule has 1 rings (SSSR count). The van der Waals surface area contributed by atoms with Crippen molar-refractivity contribution < 1.29 is 42.0 Å². The minimum atomic E-state index is -2.99. The number of rotatable bonds is 2. The number of carbonyl (C=O) groups is 1. The first kappa shape index (κ1) is 12.6. The second-order valence-corrected chi connectivity index (χ2v) is 2.45. The van der Waals surface area contributed by atoms with Crippen LogP contribution in [0.1, 0.15) is 22.7 Å². The molecule has 8 heteroatoms. The Labute approximate surface area is 91.6 Å². The van der Waals surface area contributed by atoms with Crippen molar-refractivity contribution in [3.63, 3.8) is 0 Å². The first-order valence-corrected chi connectivity index (χ1v) is 3.47. The van der Waals surface area contributed by atoms with Crippen LogP contribution in [-0.4, -0.2) is 11.0 Å². The Hall–Kier alpha value is -0.383. The van der Waals surface area contributed by atoms with Crippen LogP contribution in [0.4, 0.5) is 8.78 Å². The molecule has 1 aromatic heterocycles. The minimum Gasteiger partial charge on any atom is -0.541 e. The van der Waals surface area contributed by atoms with Gasteiger partial charge in [-0.2, -0.15) is 0 Å². The molecule has 0 aromatic carbocycles. The third kappa shape index (κ3) is 2.79. The SMILES string of the molecule is O=C([O-])c1oc(Br)nc1C(F)F.[Li+]. The van der Waals surface area contributed by atoms with Gasteiger partial charge < -0.3 is 14.3 Å². The second kappa shape index (κ2) is 4.74. The first-order valence-electron chi connectivity index (χ1n) is 2.68. The van der Waals surface area contributed by atoms with Crippen LogP contribution in [0.3, 0.4) is 0 Å². The van der Waals surface area contributed by atoms with Gasteiger partial charge in [0.2, 0.25) is 0 Å². The summed E-state index contributed by atoms with van der Waals surface area (Å²) in [6.07, 6.45) is -2.99. The normalized spacial score (nSPS) is 9.85. The fourth-order valence-corrected chi connectivity index (χ4v) is 0.952. The maximum atomic E-state index is 12.0. The molecule has 0 fully saturated rings. The van der Waals surface area contributed by atoms with Gasteiger partial charge in [-0.3, -0.25) is 0 Å². The molecule has 0 N–H and O–H groups in total. The second-order valence-electron chi connectivity index (χ2n) is 1.77. The Kier molecular flexibility index (Phi) is 4.60. The van der Waals surface area contributed by atoms with Crippen LogP contribution in [0.5, 0.6) is 0 Å². The van der Waals surface area contributed by atoms with Gasteiger partial charge in [-0.05, 0) is 0 Å². The Balaban J connectivity index is 0.00000144. The van der Waals surface area contributed by atoms with Crippen molar-refractivity contribution in [3.05, 3.63) is 16.3 Å². The van der Waals surface area contributed by atoms with Gasteiger partial charge >= 0.3 is 18.9 Å². The standard InChI is InChI=1S/C5H2BrF2NO3.Li/c6-5-9-1(3(7)8)2(12-5)4(10)11;/h3H,(H,10,11);/q;+1/p-1. The molecule has 0 spiro atoms. The van der Waals surface area contributed by atoms with Crippen LogP contribution >= 0.6 is 15.9 Å². The van der Waals surface area contributed by atoms with Gasteiger partial charge in [-0.15, -0.1) is 0 Å². The number of halogens is 3. The zero-order valence-electron chi connectivity index (χ0n) is 6.38. The molecule has 0 aliphatic heterocycles. The Bertz CT molecular complexity index is 317. The Morgan fingerprint density at radius 3 is 2.46 bits per heavy atom. The van der Waals surface area contributed by atoms with E-state index in [2.05, 4.69) is 25.3 Å². The maximum Gasteiger partial charge on any atom is 1.00 e. The molecular weight excluding hydrogens is 247 g/mol. The minimum absolute atomic E-state index is 0. The molecule has 0 saturated heterocycles. The molecule has 0 atom stereocenters. The zero-order chi connectivity index (χ0) is 9.30. The quantitative estimate of drug-likeness (QED) is 0.554. The van der Waals surface area contributed by atoms with E-state index in [0.717, 1.165) is 0 Å². The number of carbonyl (C=O) groups excluding carboxylic acids is 1. The summed E-state index contributed by atoms with van der Waals surface area (Å²) in [6.45, 7) is 0. The molecule has 13 heavy (non-hydrogen) atoms. The van der Waals surface area contributed by atoms with Crippen molar-refractivity contribution in [3.8, 4) is 0 Å². The molecule has 4 nitrogen and oxygen atoms in total. The van der Waals surface area contributed by atoms with Crippen LogP contribution in [0.25, 0.3) is 0 Å². The van der Waals surface area contributed by atoms with E-state index in [1.165, 1.54) is 0 Å². The van der Waals surface area contributed by atoms with Gasteiger partial charge in [0, 0.05) is 15.9 Å². The molecule has 0 radical (unpaired) electrons. The largest absolute Gasteiger partial charge is 1.00 e. The summed E-state index contributed by atoms with van der Waals surface area (Å²) in [5.41, 5.74) is -0.929. The summed E-state index contributed by atoms with van der Waals surface area (Å²) in [5.74, 6) is -2.76. The van der Waals surface area contributed by atoms with Gasteiger partial charge in [0.15, 0.2) is 11.5 Å². The van der Waals surface area contributed by atoms with Crippen LogP contribution in [0.15, 0.2) is 9.22 Å². The van der Waals surface area contributed by atoms with Crippen molar-refractivity contribution in [1.82, 2.24) is 4.98 Å². The molecular formula is C5HBrF2LiNO3. The molecule has 0 aliphatic carbocycles. The Morgan fingerprint density at radius 2 is 2.15 bits per heavy atom. The summed E-state index contributed by atoms with van der Waals surface area (Å²) < 4.78 is 28.2. The zero-order valence-corrected chi connectivity index (χ0v) is 7.97. The van der Waals surface area contributed by atoms with Gasteiger partial charge in [0.05, 0.1) is 0 Å². The van der Waals surface area contributed by atoms with Crippen molar-refractivity contribution in [2.24, 2.45) is 0 Å². The van der Waals surface area contributed by atoms with Crippen LogP contribution in [0, 0.1) is 0 Å². The van der Waals surface area contributed by atoms with E-state index in [-0.39, 0.29) is 23.7 Å². The monoisotopic (exact) mass is 247 g/mol. The van der Waals surface area contributed by atoms with Crippen molar-refractivity contribution in [1.29, 1.82) is 0 Å². The molecule has 0 aliphatic rings. The summed E-state index contributed by atoms with van der Waals surface area (Å²) >= 11 is 2.62. The van der Waals surface area contributed by atoms with Crippen LogP contribution in [0.2, 0.25) is 0 Å².